The molecule has 0 aliphatic carbocycles. The molecule has 0 saturated carbocycles. The van der Waals surface area contributed by atoms with E-state index in [4.69, 9.17) is 11.6 Å². The first-order valence-corrected chi connectivity index (χ1v) is 4.83. The van der Waals surface area contributed by atoms with E-state index in [0.29, 0.717) is 5.15 Å². The van der Waals surface area contributed by atoms with Gasteiger partial charge in [0.25, 0.3) is 5.56 Å². The summed E-state index contributed by atoms with van der Waals surface area (Å²) >= 11 is 9.22. The van der Waals surface area contributed by atoms with E-state index in [1.54, 1.807) is 12.1 Å². The quantitative estimate of drug-likeness (QED) is 0.666. The minimum Gasteiger partial charge on any atom is -0.269 e. The van der Waals surface area contributed by atoms with E-state index in [9.17, 15) is 4.79 Å². The predicted octanol–water partition coefficient (Wildman–Crippen LogP) is 2.72. The van der Waals surface area contributed by atoms with Crippen molar-refractivity contribution in [2.45, 2.75) is 0 Å². The fraction of sp³-hybridized carbons (Fsp3) is 0. The number of pyridine rings is 2. The van der Waals surface area contributed by atoms with E-state index in [1.165, 1.54) is 10.5 Å². The summed E-state index contributed by atoms with van der Waals surface area (Å²) in [6, 6.07) is 8.51. The first-order valence-electron chi connectivity index (χ1n) is 3.66. The van der Waals surface area contributed by atoms with Crippen LogP contribution in [0.2, 0.25) is 5.15 Å². The van der Waals surface area contributed by atoms with Crippen LogP contribution < -0.4 is 5.56 Å². The van der Waals surface area contributed by atoms with Crippen LogP contribution in [0.1, 0.15) is 0 Å². The van der Waals surface area contributed by atoms with Crippen molar-refractivity contribution in [3.63, 3.8) is 0 Å². The molecule has 4 heteroatoms. The van der Waals surface area contributed by atoms with Crippen molar-refractivity contribution in [2.24, 2.45) is 0 Å². The topological polar surface area (TPSA) is 21.5 Å². The van der Waals surface area contributed by atoms with Gasteiger partial charge >= 0.3 is 0 Å². The maximum absolute atomic E-state index is 11.4. The highest BCUT2D eigenvalue weighted by molar-refractivity contribution is 9.10. The van der Waals surface area contributed by atoms with Gasteiger partial charge in [-0.3, -0.25) is 9.20 Å². The summed E-state index contributed by atoms with van der Waals surface area (Å²) in [6.45, 7) is 0. The van der Waals surface area contributed by atoms with E-state index in [1.807, 2.05) is 12.1 Å². The Morgan fingerprint density at radius 1 is 1.23 bits per heavy atom. The summed E-state index contributed by atoms with van der Waals surface area (Å²) in [7, 11) is 0. The van der Waals surface area contributed by atoms with Crippen molar-refractivity contribution in [1.29, 1.82) is 0 Å². The van der Waals surface area contributed by atoms with Crippen molar-refractivity contribution >= 4 is 33.0 Å². The van der Waals surface area contributed by atoms with Gasteiger partial charge in [0.2, 0.25) is 0 Å². The Bertz CT molecular complexity index is 520. The number of hydrogen-bond donors (Lipinski definition) is 0. The SMILES string of the molecule is O=c1ccc(Br)c2cccc(Cl)n12. The highest BCUT2D eigenvalue weighted by atomic mass is 79.9. The molecule has 0 spiro atoms. The largest absolute Gasteiger partial charge is 0.269 e. The molecule has 2 heterocycles. The molecule has 0 bridgehead atoms. The summed E-state index contributed by atoms with van der Waals surface area (Å²) in [5.74, 6) is 0. The molecule has 0 amide bonds. The monoisotopic (exact) mass is 257 g/mol. The molecule has 0 fully saturated rings. The lowest BCUT2D eigenvalue weighted by Gasteiger charge is -2.03. The van der Waals surface area contributed by atoms with Gasteiger partial charge in [0.1, 0.15) is 5.15 Å². The van der Waals surface area contributed by atoms with Crippen LogP contribution in [-0.4, -0.2) is 4.40 Å². The van der Waals surface area contributed by atoms with Crippen molar-refractivity contribution in [2.75, 3.05) is 0 Å². The van der Waals surface area contributed by atoms with Crippen molar-refractivity contribution in [3.8, 4) is 0 Å². The van der Waals surface area contributed by atoms with Crippen LogP contribution in [-0.2, 0) is 0 Å². The van der Waals surface area contributed by atoms with Crippen LogP contribution in [0.3, 0.4) is 0 Å². The number of nitrogens with zero attached hydrogens (tertiary/aromatic N) is 1. The number of hydrogen-bond acceptors (Lipinski definition) is 1. The standard InChI is InChI=1S/C9H5BrClNO/c10-6-4-5-9(13)12-7(6)2-1-3-8(12)11/h1-5H. The lowest BCUT2D eigenvalue weighted by Crippen LogP contribution is -2.12. The molecule has 2 aromatic heterocycles. The van der Waals surface area contributed by atoms with E-state index in [0.717, 1.165) is 9.99 Å². The van der Waals surface area contributed by atoms with Crippen molar-refractivity contribution < 1.29 is 0 Å². The summed E-state index contributed by atoms with van der Waals surface area (Å²) in [5.41, 5.74) is 0.656. The minimum atomic E-state index is -0.121. The molecular weight excluding hydrogens is 253 g/mol. The molecule has 2 rings (SSSR count). The van der Waals surface area contributed by atoms with Gasteiger partial charge in [-0.05, 0) is 34.1 Å². The number of fused-ring (bicyclic) bond motifs is 1. The lowest BCUT2D eigenvalue weighted by atomic mass is 10.3. The Hall–Kier alpha value is -0.800. The zero-order valence-electron chi connectivity index (χ0n) is 6.50. The highest BCUT2D eigenvalue weighted by Gasteiger charge is 2.02. The summed E-state index contributed by atoms with van der Waals surface area (Å²) in [5, 5.41) is 0.420. The molecule has 2 aromatic rings. The summed E-state index contributed by atoms with van der Waals surface area (Å²) in [4.78, 5) is 11.4. The van der Waals surface area contributed by atoms with Gasteiger partial charge in [-0.15, -0.1) is 0 Å². The van der Waals surface area contributed by atoms with Gasteiger partial charge in [0.15, 0.2) is 0 Å². The smallest absolute Gasteiger partial charge is 0.256 e. The molecule has 0 N–H and O–H groups in total. The Labute approximate surface area is 87.9 Å². The maximum atomic E-state index is 11.4. The van der Waals surface area contributed by atoms with Crippen LogP contribution >= 0.6 is 27.5 Å². The molecule has 0 saturated heterocycles. The fourth-order valence-electron chi connectivity index (χ4n) is 1.20. The molecule has 13 heavy (non-hydrogen) atoms. The highest BCUT2D eigenvalue weighted by Crippen LogP contribution is 2.18. The van der Waals surface area contributed by atoms with Gasteiger partial charge < -0.3 is 0 Å². The lowest BCUT2D eigenvalue weighted by molar-refractivity contribution is 1.09. The average molecular weight is 259 g/mol. The third kappa shape index (κ3) is 1.38. The fourth-order valence-corrected chi connectivity index (χ4v) is 1.89. The molecule has 0 atom stereocenters. The second-order valence-corrected chi connectivity index (χ2v) is 3.83. The van der Waals surface area contributed by atoms with Crippen molar-refractivity contribution in [1.82, 2.24) is 4.40 Å². The first-order chi connectivity index (χ1) is 6.20. The van der Waals surface area contributed by atoms with Crippen LogP contribution in [0.5, 0.6) is 0 Å². The van der Waals surface area contributed by atoms with E-state index in [-0.39, 0.29) is 5.56 Å². The van der Waals surface area contributed by atoms with Gasteiger partial charge in [-0.2, -0.15) is 0 Å². The molecular formula is C9H5BrClNO. The molecule has 0 aliphatic rings. The molecule has 66 valence electrons. The third-order valence-electron chi connectivity index (χ3n) is 1.78. The summed E-state index contributed by atoms with van der Waals surface area (Å²) < 4.78 is 2.31. The first kappa shape index (κ1) is 8.78. The number of halogens is 2. The van der Waals surface area contributed by atoms with Gasteiger partial charge in [0, 0.05) is 10.5 Å². The number of rotatable bonds is 0. The maximum Gasteiger partial charge on any atom is 0.256 e. The van der Waals surface area contributed by atoms with Gasteiger partial charge in [-0.25, -0.2) is 0 Å². The molecule has 0 aromatic carbocycles. The average Bonchev–Trinajstić information content (AvgIpc) is 2.12. The van der Waals surface area contributed by atoms with Gasteiger partial charge in [0.05, 0.1) is 5.52 Å². The second-order valence-electron chi connectivity index (χ2n) is 2.59. The van der Waals surface area contributed by atoms with Crippen LogP contribution in [0.4, 0.5) is 0 Å². The number of aromatic nitrogens is 1. The third-order valence-corrected chi connectivity index (χ3v) is 2.75. The zero-order valence-corrected chi connectivity index (χ0v) is 8.84. The Kier molecular flexibility index (Phi) is 2.14. The normalized spacial score (nSPS) is 10.6. The minimum absolute atomic E-state index is 0.121. The van der Waals surface area contributed by atoms with Crippen LogP contribution in [0.15, 0.2) is 39.6 Å². The Morgan fingerprint density at radius 2 is 2.00 bits per heavy atom. The predicted molar refractivity (Wildman–Crippen MR) is 56.4 cm³/mol. The van der Waals surface area contributed by atoms with E-state index in [2.05, 4.69) is 15.9 Å². The van der Waals surface area contributed by atoms with E-state index >= 15 is 0 Å². The summed E-state index contributed by atoms with van der Waals surface area (Å²) in [6.07, 6.45) is 0. The molecule has 2 nitrogen and oxygen atoms in total. The van der Waals surface area contributed by atoms with E-state index < -0.39 is 0 Å². The Morgan fingerprint density at radius 3 is 2.69 bits per heavy atom. The second kappa shape index (κ2) is 3.16. The molecule has 0 unspecified atom stereocenters. The zero-order chi connectivity index (χ0) is 9.42. The molecule has 0 radical (unpaired) electrons. The molecule has 0 aliphatic heterocycles. The van der Waals surface area contributed by atoms with Gasteiger partial charge in [-0.1, -0.05) is 17.7 Å². The Balaban J connectivity index is 3.09. The van der Waals surface area contributed by atoms with Crippen LogP contribution in [0, 0.1) is 0 Å². The van der Waals surface area contributed by atoms with Crippen molar-refractivity contribution in [3.05, 3.63) is 50.3 Å². The van der Waals surface area contributed by atoms with Crippen LogP contribution in [0.25, 0.3) is 5.52 Å².